The van der Waals surface area contributed by atoms with Gasteiger partial charge in [-0.25, -0.2) is 4.98 Å². The van der Waals surface area contributed by atoms with Crippen molar-refractivity contribution in [2.75, 3.05) is 39.4 Å². The fourth-order valence-corrected chi connectivity index (χ4v) is 3.67. The lowest BCUT2D eigenvalue weighted by atomic mass is 9.93. The molecule has 2 aliphatic rings. The Morgan fingerprint density at radius 3 is 2.88 bits per heavy atom. The fraction of sp³-hybridized carbons (Fsp3) is 0.778. The van der Waals surface area contributed by atoms with Crippen LogP contribution < -0.4 is 5.32 Å². The Bertz CT molecular complexity index is 509. The third kappa shape index (κ3) is 4.29. The van der Waals surface area contributed by atoms with E-state index in [4.69, 9.17) is 9.73 Å². The van der Waals surface area contributed by atoms with Gasteiger partial charge in [0.2, 0.25) is 0 Å². The molecule has 0 aliphatic carbocycles. The van der Waals surface area contributed by atoms with Crippen LogP contribution in [0.2, 0.25) is 0 Å². The Hall–Kier alpha value is -1.56. The van der Waals surface area contributed by atoms with Crippen LogP contribution in [0.25, 0.3) is 0 Å². The zero-order valence-corrected chi connectivity index (χ0v) is 15.0. The smallest absolute Gasteiger partial charge is 0.193 e. The molecular formula is C18H31N5O. The summed E-state index contributed by atoms with van der Waals surface area (Å²) in [6.07, 6.45) is 9.35. The van der Waals surface area contributed by atoms with Crippen molar-refractivity contribution in [2.45, 2.75) is 39.2 Å². The molecular weight excluding hydrogens is 302 g/mol. The van der Waals surface area contributed by atoms with Gasteiger partial charge >= 0.3 is 0 Å². The normalized spacial score (nSPS) is 26.6. The van der Waals surface area contributed by atoms with Crippen LogP contribution in [-0.2, 0) is 4.74 Å². The van der Waals surface area contributed by atoms with Crippen molar-refractivity contribution < 1.29 is 4.74 Å². The molecule has 0 spiro atoms. The lowest BCUT2D eigenvalue weighted by molar-refractivity contribution is 0.0688. The summed E-state index contributed by atoms with van der Waals surface area (Å²) >= 11 is 0. The predicted octanol–water partition coefficient (Wildman–Crippen LogP) is 2.16. The average molecular weight is 333 g/mol. The molecule has 3 rings (SSSR count). The van der Waals surface area contributed by atoms with E-state index in [2.05, 4.69) is 39.8 Å². The highest BCUT2D eigenvalue weighted by atomic mass is 16.5. The first-order valence-corrected chi connectivity index (χ1v) is 9.36. The molecule has 0 aromatic carbocycles. The van der Waals surface area contributed by atoms with Crippen LogP contribution in [0.3, 0.4) is 0 Å². The van der Waals surface area contributed by atoms with Gasteiger partial charge in [-0.2, -0.15) is 0 Å². The number of likely N-dealkylation sites (tertiary alicyclic amines) is 1. The van der Waals surface area contributed by atoms with Gasteiger partial charge in [0.05, 0.1) is 12.4 Å². The van der Waals surface area contributed by atoms with Crippen LogP contribution >= 0.6 is 0 Å². The van der Waals surface area contributed by atoms with Gasteiger partial charge in [0.25, 0.3) is 0 Å². The number of imidazole rings is 1. The highest BCUT2D eigenvalue weighted by Gasteiger charge is 2.29. The van der Waals surface area contributed by atoms with Crippen LogP contribution in [0, 0.1) is 11.8 Å². The number of guanidine groups is 1. The third-order valence-electron chi connectivity index (χ3n) is 5.30. The second-order valence-electron chi connectivity index (χ2n) is 7.04. The van der Waals surface area contributed by atoms with E-state index in [1.807, 2.05) is 12.5 Å². The highest BCUT2D eigenvalue weighted by Crippen LogP contribution is 2.27. The molecule has 2 unspecified atom stereocenters. The van der Waals surface area contributed by atoms with Gasteiger partial charge in [-0.05, 0) is 38.0 Å². The van der Waals surface area contributed by atoms with Crippen LogP contribution in [0.1, 0.15) is 39.2 Å². The summed E-state index contributed by atoms with van der Waals surface area (Å²) < 4.78 is 7.70. The molecule has 2 aliphatic heterocycles. The molecule has 2 fully saturated rings. The van der Waals surface area contributed by atoms with E-state index in [1.54, 1.807) is 0 Å². The Balaban J connectivity index is 1.65. The molecule has 2 saturated heterocycles. The zero-order chi connectivity index (χ0) is 16.8. The van der Waals surface area contributed by atoms with Crippen LogP contribution in [0.5, 0.6) is 0 Å². The molecule has 1 N–H and O–H groups in total. The maximum atomic E-state index is 5.45. The molecule has 0 radical (unpaired) electrons. The topological polar surface area (TPSA) is 54.7 Å². The van der Waals surface area contributed by atoms with E-state index in [9.17, 15) is 0 Å². The molecule has 6 heteroatoms. The van der Waals surface area contributed by atoms with Crippen molar-refractivity contribution in [3.63, 3.8) is 0 Å². The SMILES string of the molecule is CCNC(=NCC1CCOCC1)N1CCC(C)C(n2ccnc2)C1. The van der Waals surface area contributed by atoms with E-state index in [0.29, 0.717) is 17.9 Å². The first-order valence-electron chi connectivity index (χ1n) is 9.36. The number of aromatic nitrogens is 2. The monoisotopic (exact) mass is 333 g/mol. The van der Waals surface area contributed by atoms with Gasteiger partial charge in [-0.15, -0.1) is 0 Å². The molecule has 134 valence electrons. The summed E-state index contributed by atoms with van der Waals surface area (Å²) in [5, 5.41) is 3.49. The molecule has 0 saturated carbocycles. The lowest BCUT2D eigenvalue weighted by Crippen LogP contribution is -2.49. The van der Waals surface area contributed by atoms with Gasteiger partial charge in [0, 0.05) is 51.8 Å². The van der Waals surface area contributed by atoms with Crippen molar-refractivity contribution in [3.05, 3.63) is 18.7 Å². The summed E-state index contributed by atoms with van der Waals surface area (Å²) in [6, 6.07) is 0.466. The largest absolute Gasteiger partial charge is 0.381 e. The van der Waals surface area contributed by atoms with E-state index in [-0.39, 0.29) is 0 Å². The number of piperidine rings is 1. The van der Waals surface area contributed by atoms with E-state index < -0.39 is 0 Å². The summed E-state index contributed by atoms with van der Waals surface area (Å²) in [4.78, 5) is 11.6. The first kappa shape index (κ1) is 17.3. The fourth-order valence-electron chi connectivity index (χ4n) is 3.67. The average Bonchev–Trinajstić information content (AvgIpc) is 3.14. The zero-order valence-electron chi connectivity index (χ0n) is 15.0. The molecule has 1 aromatic rings. The highest BCUT2D eigenvalue weighted by molar-refractivity contribution is 5.80. The second-order valence-corrected chi connectivity index (χ2v) is 7.04. The number of nitrogens with zero attached hydrogens (tertiary/aromatic N) is 4. The molecule has 24 heavy (non-hydrogen) atoms. The molecule has 2 atom stereocenters. The van der Waals surface area contributed by atoms with Crippen molar-refractivity contribution in [2.24, 2.45) is 16.8 Å². The van der Waals surface area contributed by atoms with Gasteiger partial charge < -0.3 is 19.5 Å². The van der Waals surface area contributed by atoms with E-state index >= 15 is 0 Å². The standard InChI is InChI=1S/C18H31N5O/c1-3-20-18(21-12-16-5-10-24-11-6-16)22-8-4-15(2)17(13-22)23-9-7-19-14-23/h7,9,14-17H,3-6,8,10-13H2,1-2H3,(H,20,21). The Kier molecular flexibility index (Phi) is 6.12. The minimum absolute atomic E-state index is 0.466. The van der Waals surface area contributed by atoms with Gasteiger partial charge in [-0.1, -0.05) is 6.92 Å². The van der Waals surface area contributed by atoms with Crippen molar-refractivity contribution in [1.29, 1.82) is 0 Å². The minimum Gasteiger partial charge on any atom is -0.381 e. The number of nitrogens with one attached hydrogen (secondary N) is 1. The lowest BCUT2D eigenvalue weighted by Gasteiger charge is -2.39. The quantitative estimate of drug-likeness (QED) is 0.678. The first-order chi connectivity index (χ1) is 11.8. The number of hydrogen-bond donors (Lipinski definition) is 1. The molecule has 3 heterocycles. The summed E-state index contributed by atoms with van der Waals surface area (Å²) in [5.41, 5.74) is 0. The maximum Gasteiger partial charge on any atom is 0.193 e. The van der Waals surface area contributed by atoms with Crippen molar-refractivity contribution in [1.82, 2.24) is 19.8 Å². The van der Waals surface area contributed by atoms with Crippen LogP contribution in [0.4, 0.5) is 0 Å². The molecule has 1 aromatic heterocycles. The van der Waals surface area contributed by atoms with Crippen molar-refractivity contribution in [3.8, 4) is 0 Å². The van der Waals surface area contributed by atoms with Crippen LogP contribution in [-0.4, -0.2) is 59.8 Å². The van der Waals surface area contributed by atoms with Gasteiger partial charge in [0.1, 0.15) is 0 Å². The Labute approximate surface area is 145 Å². The number of aliphatic imine (C=N–C) groups is 1. The number of rotatable bonds is 4. The number of hydrogen-bond acceptors (Lipinski definition) is 3. The second kappa shape index (κ2) is 8.51. The minimum atomic E-state index is 0.466. The maximum absolute atomic E-state index is 5.45. The van der Waals surface area contributed by atoms with E-state index in [1.165, 1.54) is 6.42 Å². The molecule has 6 nitrogen and oxygen atoms in total. The van der Waals surface area contributed by atoms with Gasteiger partial charge in [-0.3, -0.25) is 4.99 Å². The molecule has 0 bridgehead atoms. The number of ether oxygens (including phenoxy) is 1. The molecule has 0 amide bonds. The summed E-state index contributed by atoms with van der Waals surface area (Å²) in [6.45, 7) is 10.2. The van der Waals surface area contributed by atoms with Crippen LogP contribution in [0.15, 0.2) is 23.7 Å². The summed E-state index contributed by atoms with van der Waals surface area (Å²) in [7, 11) is 0. The Morgan fingerprint density at radius 1 is 1.33 bits per heavy atom. The Morgan fingerprint density at radius 2 is 2.17 bits per heavy atom. The summed E-state index contributed by atoms with van der Waals surface area (Å²) in [5.74, 6) is 2.40. The van der Waals surface area contributed by atoms with Gasteiger partial charge in [0.15, 0.2) is 5.96 Å². The third-order valence-corrected chi connectivity index (χ3v) is 5.30. The predicted molar refractivity (Wildman–Crippen MR) is 96.1 cm³/mol. The van der Waals surface area contributed by atoms with E-state index in [0.717, 1.165) is 58.2 Å². The van der Waals surface area contributed by atoms with Crippen molar-refractivity contribution >= 4 is 5.96 Å².